The molecule has 1 aromatic carbocycles. The van der Waals surface area contributed by atoms with Gasteiger partial charge in [-0.3, -0.25) is 14.9 Å². The van der Waals surface area contributed by atoms with Crippen molar-refractivity contribution < 1.29 is 22.9 Å². The summed E-state index contributed by atoms with van der Waals surface area (Å²) in [6.07, 6.45) is 0. The van der Waals surface area contributed by atoms with Gasteiger partial charge < -0.3 is 10.1 Å². The van der Waals surface area contributed by atoms with E-state index in [1.165, 1.54) is 12.1 Å². The molecule has 9 nitrogen and oxygen atoms in total. The van der Waals surface area contributed by atoms with Crippen molar-refractivity contribution >= 4 is 21.7 Å². The number of ether oxygens (including phenoxy) is 1. The van der Waals surface area contributed by atoms with Crippen molar-refractivity contribution in [1.29, 1.82) is 0 Å². The molecule has 0 unspecified atom stereocenters. The van der Waals surface area contributed by atoms with Crippen LogP contribution in [0.1, 0.15) is 13.8 Å². The summed E-state index contributed by atoms with van der Waals surface area (Å²) in [5.41, 5.74) is -0.493. The molecule has 0 heterocycles. The fourth-order valence-corrected chi connectivity index (χ4v) is 2.94. The standard InChI is InChI=1S/C13H19N3O6S/c1-3-22-13(17)10(2)14-8-9-15-23(20,21)12-7-5-4-6-11(12)16(18)19/h4-7,10,14-15H,3,8-9H2,1-2H3/t10-/m0/s1. The van der Waals surface area contributed by atoms with Crippen LogP contribution < -0.4 is 10.0 Å². The summed E-state index contributed by atoms with van der Waals surface area (Å²) < 4.78 is 31.3. The first-order valence-electron chi connectivity index (χ1n) is 6.92. The lowest BCUT2D eigenvalue weighted by Crippen LogP contribution is -2.40. The summed E-state index contributed by atoms with van der Waals surface area (Å²) in [5, 5.41) is 13.7. The van der Waals surface area contributed by atoms with E-state index in [0.29, 0.717) is 0 Å². The van der Waals surface area contributed by atoms with E-state index in [-0.39, 0.29) is 19.7 Å². The number of nitrogens with zero attached hydrogens (tertiary/aromatic N) is 1. The average molecular weight is 345 g/mol. The van der Waals surface area contributed by atoms with E-state index in [1.54, 1.807) is 13.8 Å². The van der Waals surface area contributed by atoms with Crippen LogP contribution >= 0.6 is 0 Å². The van der Waals surface area contributed by atoms with Crippen molar-refractivity contribution in [3.8, 4) is 0 Å². The van der Waals surface area contributed by atoms with Gasteiger partial charge in [-0.15, -0.1) is 0 Å². The van der Waals surface area contributed by atoms with Crippen LogP contribution in [0.25, 0.3) is 0 Å². The number of sulfonamides is 1. The molecule has 10 heteroatoms. The van der Waals surface area contributed by atoms with Gasteiger partial charge in [0.05, 0.1) is 11.5 Å². The third-order valence-corrected chi connectivity index (χ3v) is 4.37. The van der Waals surface area contributed by atoms with Crippen molar-refractivity contribution in [2.75, 3.05) is 19.7 Å². The Kier molecular flexibility index (Phi) is 7.07. The highest BCUT2D eigenvalue weighted by Crippen LogP contribution is 2.22. The Morgan fingerprint density at radius 1 is 1.35 bits per heavy atom. The van der Waals surface area contributed by atoms with Crippen LogP contribution in [-0.2, 0) is 19.6 Å². The molecular formula is C13H19N3O6S. The molecule has 0 radical (unpaired) electrons. The number of nitro groups is 1. The highest BCUT2D eigenvalue weighted by Gasteiger charge is 2.24. The molecule has 1 atom stereocenters. The molecule has 1 rings (SSSR count). The molecule has 0 aliphatic rings. The average Bonchev–Trinajstić information content (AvgIpc) is 2.51. The first kappa shape index (κ1) is 19.0. The van der Waals surface area contributed by atoms with Crippen molar-refractivity contribution in [2.45, 2.75) is 24.8 Å². The number of carbonyl (C=O) groups excluding carboxylic acids is 1. The smallest absolute Gasteiger partial charge is 0.322 e. The van der Waals surface area contributed by atoms with E-state index in [2.05, 4.69) is 10.0 Å². The zero-order chi connectivity index (χ0) is 17.5. The molecule has 2 N–H and O–H groups in total. The topological polar surface area (TPSA) is 128 Å². The van der Waals surface area contributed by atoms with Gasteiger partial charge in [-0.2, -0.15) is 0 Å². The van der Waals surface area contributed by atoms with Gasteiger partial charge in [-0.05, 0) is 19.9 Å². The fraction of sp³-hybridized carbons (Fsp3) is 0.462. The first-order chi connectivity index (χ1) is 10.8. The number of hydrogen-bond acceptors (Lipinski definition) is 7. The molecule has 0 saturated heterocycles. The normalized spacial score (nSPS) is 12.6. The van der Waals surface area contributed by atoms with Gasteiger partial charge in [0.2, 0.25) is 10.0 Å². The minimum atomic E-state index is -4.01. The van der Waals surface area contributed by atoms with E-state index in [4.69, 9.17) is 4.74 Å². The number of benzene rings is 1. The number of nitro benzene ring substituents is 1. The number of rotatable bonds is 9. The Labute approximate surface area is 134 Å². The second-order valence-electron chi connectivity index (χ2n) is 4.55. The number of esters is 1. The van der Waals surface area contributed by atoms with Crippen LogP contribution in [0.3, 0.4) is 0 Å². The molecule has 128 valence electrons. The van der Waals surface area contributed by atoms with Crippen LogP contribution in [0.2, 0.25) is 0 Å². The highest BCUT2D eigenvalue weighted by atomic mass is 32.2. The Morgan fingerprint density at radius 2 is 2.00 bits per heavy atom. The van der Waals surface area contributed by atoms with Crippen LogP contribution in [0.15, 0.2) is 29.2 Å². The van der Waals surface area contributed by atoms with Gasteiger partial charge in [0.25, 0.3) is 5.69 Å². The zero-order valence-electron chi connectivity index (χ0n) is 12.8. The molecule has 0 aliphatic carbocycles. The van der Waals surface area contributed by atoms with Gasteiger partial charge in [0, 0.05) is 19.2 Å². The SMILES string of the molecule is CCOC(=O)[C@H](C)NCCNS(=O)(=O)c1ccccc1[N+](=O)[O-]. The van der Waals surface area contributed by atoms with Crippen LogP contribution in [0.5, 0.6) is 0 Å². The minimum Gasteiger partial charge on any atom is -0.465 e. The van der Waals surface area contributed by atoms with Gasteiger partial charge in [0.15, 0.2) is 4.90 Å². The molecule has 1 aromatic rings. The monoisotopic (exact) mass is 345 g/mol. The van der Waals surface area contributed by atoms with Crippen LogP contribution in [0, 0.1) is 10.1 Å². The maximum atomic E-state index is 12.1. The predicted molar refractivity (Wildman–Crippen MR) is 82.4 cm³/mol. The summed E-state index contributed by atoms with van der Waals surface area (Å²) in [7, 11) is -4.01. The summed E-state index contributed by atoms with van der Waals surface area (Å²) >= 11 is 0. The molecule has 0 fully saturated rings. The quantitative estimate of drug-likeness (QED) is 0.287. The zero-order valence-corrected chi connectivity index (χ0v) is 13.6. The molecule has 0 spiro atoms. The van der Waals surface area contributed by atoms with Crippen molar-refractivity contribution in [2.24, 2.45) is 0 Å². The Bertz CT molecular complexity index is 661. The second-order valence-corrected chi connectivity index (χ2v) is 6.29. The predicted octanol–water partition coefficient (Wildman–Crippen LogP) is 0.414. The Morgan fingerprint density at radius 3 is 2.61 bits per heavy atom. The van der Waals surface area contributed by atoms with Gasteiger partial charge in [-0.1, -0.05) is 12.1 Å². The lowest BCUT2D eigenvalue weighted by molar-refractivity contribution is -0.387. The maximum Gasteiger partial charge on any atom is 0.322 e. The third kappa shape index (κ3) is 5.58. The molecule has 23 heavy (non-hydrogen) atoms. The number of carbonyl (C=O) groups is 1. The van der Waals surface area contributed by atoms with Crippen LogP contribution in [0.4, 0.5) is 5.69 Å². The molecule has 0 aromatic heterocycles. The van der Waals surface area contributed by atoms with E-state index in [1.807, 2.05) is 0 Å². The van der Waals surface area contributed by atoms with E-state index >= 15 is 0 Å². The molecule has 0 amide bonds. The lowest BCUT2D eigenvalue weighted by Gasteiger charge is -2.13. The molecule has 0 saturated carbocycles. The molecule has 0 bridgehead atoms. The second kappa shape index (κ2) is 8.56. The summed E-state index contributed by atoms with van der Waals surface area (Å²) in [4.78, 5) is 21.1. The maximum absolute atomic E-state index is 12.1. The lowest BCUT2D eigenvalue weighted by atomic mass is 10.3. The summed E-state index contributed by atoms with van der Waals surface area (Å²) in [6, 6.07) is 4.50. The molecule has 0 aliphatic heterocycles. The van der Waals surface area contributed by atoms with Crippen molar-refractivity contribution in [3.05, 3.63) is 34.4 Å². The van der Waals surface area contributed by atoms with Crippen molar-refractivity contribution in [3.63, 3.8) is 0 Å². The van der Waals surface area contributed by atoms with Gasteiger partial charge in [0.1, 0.15) is 6.04 Å². The van der Waals surface area contributed by atoms with Gasteiger partial charge >= 0.3 is 5.97 Å². The van der Waals surface area contributed by atoms with E-state index in [9.17, 15) is 23.3 Å². The van der Waals surface area contributed by atoms with E-state index in [0.717, 1.165) is 12.1 Å². The Balaban J connectivity index is 2.61. The van der Waals surface area contributed by atoms with Crippen LogP contribution in [-0.4, -0.2) is 45.0 Å². The minimum absolute atomic E-state index is 0.0296. The molecular weight excluding hydrogens is 326 g/mol. The third-order valence-electron chi connectivity index (χ3n) is 2.86. The van der Waals surface area contributed by atoms with E-state index < -0.39 is 37.5 Å². The fourth-order valence-electron chi connectivity index (χ4n) is 1.74. The highest BCUT2D eigenvalue weighted by molar-refractivity contribution is 7.89. The summed E-state index contributed by atoms with van der Waals surface area (Å²) in [6.45, 7) is 3.67. The largest absolute Gasteiger partial charge is 0.465 e. The first-order valence-corrected chi connectivity index (χ1v) is 8.41. The van der Waals surface area contributed by atoms with Gasteiger partial charge in [-0.25, -0.2) is 13.1 Å². The number of para-hydroxylation sites is 1. The summed E-state index contributed by atoms with van der Waals surface area (Å²) in [5.74, 6) is -0.436. The number of nitrogens with one attached hydrogen (secondary N) is 2. The van der Waals surface area contributed by atoms with Crippen molar-refractivity contribution in [1.82, 2.24) is 10.0 Å². The number of hydrogen-bond donors (Lipinski definition) is 2. The Hall–Kier alpha value is -2.04.